The maximum absolute atomic E-state index is 2.36. The van der Waals surface area contributed by atoms with Crippen molar-refractivity contribution in [2.45, 2.75) is 25.7 Å². The highest BCUT2D eigenvalue weighted by atomic mass is 127. The van der Waals surface area contributed by atoms with Crippen molar-refractivity contribution in [3.05, 3.63) is 91.0 Å². The van der Waals surface area contributed by atoms with Crippen molar-refractivity contribution in [1.82, 2.24) is 0 Å². The second kappa shape index (κ2) is 9.15. The summed E-state index contributed by atoms with van der Waals surface area (Å²) in [7, 11) is -1.60. The normalized spacial score (nSPS) is 14.8. The third-order valence-electron chi connectivity index (χ3n) is 5.60. The minimum absolute atomic E-state index is 0. The maximum Gasteiger partial charge on any atom is 0.112 e. The first-order chi connectivity index (χ1) is 12.4. The summed E-state index contributed by atoms with van der Waals surface area (Å²) in [5, 5.41) is 4.58. The first-order valence-electron chi connectivity index (χ1n) is 9.44. The standard InChI is InChI=1S/C24H26P.HI/c1-4-14-22(15-5-1)25(20-21-12-10-11-13-21,23-16-6-2-7-17-23)24-18-8-3-9-19-24;/h1-9,14-19,21H,10-13,20H2;1H/q+1;. The Morgan fingerprint density at radius 2 is 0.923 bits per heavy atom. The van der Waals surface area contributed by atoms with E-state index in [1.807, 2.05) is 0 Å². The molecule has 0 unspecified atom stereocenters. The number of hydrogen-bond acceptors (Lipinski definition) is 0. The van der Waals surface area contributed by atoms with E-state index in [4.69, 9.17) is 0 Å². The quantitative estimate of drug-likeness (QED) is 0.325. The van der Waals surface area contributed by atoms with Gasteiger partial charge in [-0.25, -0.2) is 0 Å². The first-order valence-corrected chi connectivity index (χ1v) is 11.4. The van der Waals surface area contributed by atoms with E-state index in [0.717, 1.165) is 5.92 Å². The Hall–Kier alpha value is -1.18. The summed E-state index contributed by atoms with van der Waals surface area (Å²) in [5.41, 5.74) is 0. The van der Waals surface area contributed by atoms with Gasteiger partial charge in [0.2, 0.25) is 0 Å². The van der Waals surface area contributed by atoms with E-state index in [2.05, 4.69) is 91.0 Å². The Bertz CT molecular complexity index is 684. The molecule has 0 atom stereocenters. The molecule has 0 bridgehead atoms. The molecule has 0 amide bonds. The van der Waals surface area contributed by atoms with Gasteiger partial charge in [-0.15, -0.1) is 24.0 Å². The largest absolute Gasteiger partial charge is 0.112 e. The Labute approximate surface area is 175 Å². The zero-order valence-electron chi connectivity index (χ0n) is 15.1. The van der Waals surface area contributed by atoms with Gasteiger partial charge < -0.3 is 0 Å². The van der Waals surface area contributed by atoms with E-state index in [1.54, 1.807) is 0 Å². The van der Waals surface area contributed by atoms with Crippen molar-refractivity contribution < 1.29 is 0 Å². The third kappa shape index (κ3) is 3.89. The summed E-state index contributed by atoms with van der Waals surface area (Å²) in [6.45, 7) is 0. The van der Waals surface area contributed by atoms with E-state index >= 15 is 0 Å². The second-order valence-corrected chi connectivity index (χ2v) is 10.7. The summed E-state index contributed by atoms with van der Waals surface area (Å²) >= 11 is 0. The van der Waals surface area contributed by atoms with Crippen LogP contribution in [0.15, 0.2) is 91.0 Å². The van der Waals surface area contributed by atoms with Gasteiger partial charge in [0.05, 0.1) is 6.16 Å². The molecular weight excluding hydrogens is 446 g/mol. The average Bonchev–Trinajstić information content (AvgIpc) is 3.21. The van der Waals surface area contributed by atoms with Crippen LogP contribution in [0.3, 0.4) is 0 Å². The first kappa shape index (κ1) is 19.6. The van der Waals surface area contributed by atoms with Crippen LogP contribution in [0.2, 0.25) is 0 Å². The van der Waals surface area contributed by atoms with Gasteiger partial charge in [0.25, 0.3) is 0 Å². The molecule has 4 rings (SSSR count). The number of halogens is 1. The lowest BCUT2D eigenvalue weighted by atomic mass is 10.1. The predicted molar refractivity (Wildman–Crippen MR) is 127 cm³/mol. The molecule has 3 aromatic carbocycles. The lowest BCUT2D eigenvalue weighted by Gasteiger charge is -2.30. The van der Waals surface area contributed by atoms with Crippen molar-refractivity contribution in [3.8, 4) is 0 Å². The van der Waals surface area contributed by atoms with Gasteiger partial charge in [0.1, 0.15) is 23.2 Å². The zero-order chi connectivity index (χ0) is 17.0. The van der Waals surface area contributed by atoms with Gasteiger partial charge in [-0.2, -0.15) is 0 Å². The third-order valence-corrected chi connectivity index (χ3v) is 10.2. The molecule has 0 heterocycles. The van der Waals surface area contributed by atoms with E-state index in [-0.39, 0.29) is 24.0 Å². The van der Waals surface area contributed by atoms with Gasteiger partial charge in [-0.05, 0) is 55.2 Å². The van der Waals surface area contributed by atoms with Gasteiger partial charge in [-0.1, -0.05) is 67.4 Å². The summed E-state index contributed by atoms with van der Waals surface area (Å²) in [4.78, 5) is 0. The van der Waals surface area contributed by atoms with Crippen LogP contribution in [-0.4, -0.2) is 6.16 Å². The number of benzene rings is 3. The molecule has 3 aromatic rings. The van der Waals surface area contributed by atoms with Crippen molar-refractivity contribution in [2.24, 2.45) is 5.92 Å². The van der Waals surface area contributed by atoms with Gasteiger partial charge in [0, 0.05) is 0 Å². The SMILES string of the molecule is I.c1ccc([P+](CC2CCCC2)(c2ccccc2)c2ccccc2)cc1. The minimum atomic E-state index is -1.60. The molecule has 1 aliphatic carbocycles. The molecule has 0 spiro atoms. The molecule has 1 fully saturated rings. The van der Waals surface area contributed by atoms with E-state index in [9.17, 15) is 0 Å². The van der Waals surface area contributed by atoms with Gasteiger partial charge in [-0.3, -0.25) is 0 Å². The molecule has 0 aromatic heterocycles. The molecule has 1 aliphatic rings. The van der Waals surface area contributed by atoms with Crippen LogP contribution >= 0.6 is 31.2 Å². The topological polar surface area (TPSA) is 0 Å². The van der Waals surface area contributed by atoms with Crippen molar-refractivity contribution in [2.75, 3.05) is 6.16 Å². The fraction of sp³-hybridized carbons (Fsp3) is 0.250. The summed E-state index contributed by atoms with van der Waals surface area (Å²) < 4.78 is 0. The maximum atomic E-state index is 2.36. The Kier molecular flexibility index (Phi) is 6.89. The van der Waals surface area contributed by atoms with Crippen LogP contribution in [-0.2, 0) is 0 Å². The van der Waals surface area contributed by atoms with E-state index in [1.165, 1.54) is 47.8 Å². The Morgan fingerprint density at radius 1 is 0.577 bits per heavy atom. The monoisotopic (exact) mass is 473 g/mol. The Morgan fingerprint density at radius 3 is 1.27 bits per heavy atom. The minimum Gasteiger partial charge on any atom is -0.107 e. The molecule has 134 valence electrons. The molecule has 0 saturated heterocycles. The van der Waals surface area contributed by atoms with Crippen LogP contribution in [0.4, 0.5) is 0 Å². The molecule has 0 nitrogen and oxygen atoms in total. The molecule has 26 heavy (non-hydrogen) atoms. The van der Waals surface area contributed by atoms with Crippen molar-refractivity contribution in [3.63, 3.8) is 0 Å². The van der Waals surface area contributed by atoms with Crippen LogP contribution < -0.4 is 15.9 Å². The summed E-state index contributed by atoms with van der Waals surface area (Å²) in [6, 6.07) is 33.9. The molecule has 0 radical (unpaired) electrons. The van der Waals surface area contributed by atoms with E-state index in [0.29, 0.717) is 0 Å². The zero-order valence-corrected chi connectivity index (χ0v) is 18.4. The summed E-state index contributed by atoms with van der Waals surface area (Å²) in [5.74, 6) is 0.856. The number of hydrogen-bond donors (Lipinski definition) is 0. The fourth-order valence-electron chi connectivity index (χ4n) is 4.39. The molecule has 0 N–H and O–H groups in total. The lowest BCUT2D eigenvalue weighted by Crippen LogP contribution is -2.35. The van der Waals surface area contributed by atoms with Crippen LogP contribution in [0, 0.1) is 5.92 Å². The fourth-order valence-corrected chi connectivity index (χ4v) is 9.10. The van der Waals surface area contributed by atoms with Crippen molar-refractivity contribution >= 4 is 47.2 Å². The van der Waals surface area contributed by atoms with Crippen LogP contribution in [0.5, 0.6) is 0 Å². The number of rotatable bonds is 5. The highest BCUT2D eigenvalue weighted by Crippen LogP contribution is 2.58. The molecule has 0 aliphatic heterocycles. The molecule has 2 heteroatoms. The summed E-state index contributed by atoms with van der Waals surface area (Å²) in [6.07, 6.45) is 6.92. The van der Waals surface area contributed by atoms with Gasteiger partial charge in [0.15, 0.2) is 0 Å². The highest BCUT2D eigenvalue weighted by molar-refractivity contribution is 14.0. The predicted octanol–water partition coefficient (Wildman–Crippen LogP) is 5.79. The van der Waals surface area contributed by atoms with Crippen LogP contribution in [0.1, 0.15) is 25.7 Å². The van der Waals surface area contributed by atoms with Crippen molar-refractivity contribution in [1.29, 1.82) is 0 Å². The Balaban J connectivity index is 0.00000196. The molecular formula is C24H27IP+. The lowest BCUT2D eigenvalue weighted by molar-refractivity contribution is 0.619. The van der Waals surface area contributed by atoms with Crippen LogP contribution in [0.25, 0.3) is 0 Å². The van der Waals surface area contributed by atoms with Gasteiger partial charge >= 0.3 is 0 Å². The molecule has 1 saturated carbocycles. The smallest absolute Gasteiger partial charge is 0.107 e. The second-order valence-electron chi connectivity index (χ2n) is 7.15. The average molecular weight is 473 g/mol. The van der Waals surface area contributed by atoms with E-state index < -0.39 is 7.26 Å². The highest BCUT2D eigenvalue weighted by Gasteiger charge is 2.47.